The fourth-order valence-corrected chi connectivity index (χ4v) is 3.06. The van der Waals surface area contributed by atoms with E-state index in [1.165, 1.54) is 0 Å². The van der Waals surface area contributed by atoms with Crippen molar-refractivity contribution >= 4 is 32.7 Å². The maximum atomic E-state index is 12.2. The van der Waals surface area contributed by atoms with Gasteiger partial charge in [0, 0.05) is 22.1 Å². The Morgan fingerprint density at radius 3 is 2.75 bits per heavy atom. The van der Waals surface area contributed by atoms with Gasteiger partial charge in [-0.05, 0) is 64.5 Å². The van der Waals surface area contributed by atoms with E-state index in [9.17, 15) is 9.59 Å². The predicted octanol–water partition coefficient (Wildman–Crippen LogP) is 3.57. The van der Waals surface area contributed by atoms with Crippen molar-refractivity contribution in [1.29, 1.82) is 0 Å². The SMILES string of the molecule is Cc1ccc2cc(CCNC(=O)c3ccccc3Br)c(=O)[nH]c2c1. The molecule has 24 heavy (non-hydrogen) atoms. The molecule has 1 aromatic heterocycles. The van der Waals surface area contributed by atoms with Gasteiger partial charge >= 0.3 is 0 Å². The lowest BCUT2D eigenvalue weighted by Crippen LogP contribution is -2.27. The van der Waals surface area contributed by atoms with E-state index in [1.54, 1.807) is 6.07 Å². The molecule has 0 unspecified atom stereocenters. The largest absolute Gasteiger partial charge is 0.352 e. The fourth-order valence-electron chi connectivity index (χ4n) is 2.60. The molecule has 0 aliphatic carbocycles. The van der Waals surface area contributed by atoms with Crippen LogP contribution in [0.5, 0.6) is 0 Å². The second-order valence-electron chi connectivity index (χ2n) is 5.70. The number of aromatic nitrogens is 1. The molecule has 0 radical (unpaired) electrons. The molecule has 122 valence electrons. The zero-order chi connectivity index (χ0) is 17.1. The minimum Gasteiger partial charge on any atom is -0.352 e. The average molecular weight is 385 g/mol. The number of rotatable bonds is 4. The van der Waals surface area contributed by atoms with Crippen LogP contribution in [-0.4, -0.2) is 17.4 Å². The van der Waals surface area contributed by atoms with Crippen molar-refractivity contribution < 1.29 is 4.79 Å². The molecular formula is C19H17BrN2O2. The third-order valence-electron chi connectivity index (χ3n) is 3.88. The number of amides is 1. The molecule has 2 aromatic carbocycles. The quantitative estimate of drug-likeness (QED) is 0.721. The Morgan fingerprint density at radius 2 is 1.96 bits per heavy atom. The Balaban J connectivity index is 1.71. The van der Waals surface area contributed by atoms with E-state index in [2.05, 4.69) is 26.2 Å². The van der Waals surface area contributed by atoms with Crippen LogP contribution in [0.15, 0.2) is 57.8 Å². The summed E-state index contributed by atoms with van der Waals surface area (Å²) < 4.78 is 0.751. The normalized spacial score (nSPS) is 10.8. The smallest absolute Gasteiger partial charge is 0.252 e. The molecular weight excluding hydrogens is 368 g/mol. The van der Waals surface area contributed by atoms with Gasteiger partial charge in [-0.3, -0.25) is 9.59 Å². The first-order chi connectivity index (χ1) is 11.5. The third kappa shape index (κ3) is 3.57. The van der Waals surface area contributed by atoms with E-state index in [0.717, 1.165) is 20.9 Å². The van der Waals surface area contributed by atoms with Crippen LogP contribution >= 0.6 is 15.9 Å². The van der Waals surface area contributed by atoms with Gasteiger partial charge in [-0.25, -0.2) is 0 Å². The molecule has 0 atom stereocenters. The summed E-state index contributed by atoms with van der Waals surface area (Å²) in [7, 11) is 0. The van der Waals surface area contributed by atoms with Crippen molar-refractivity contribution in [2.75, 3.05) is 6.54 Å². The summed E-state index contributed by atoms with van der Waals surface area (Å²) in [5.74, 6) is -0.157. The summed E-state index contributed by atoms with van der Waals surface area (Å²) in [5, 5.41) is 3.84. The summed E-state index contributed by atoms with van der Waals surface area (Å²) in [5.41, 5.74) is 3.08. The molecule has 0 bridgehead atoms. The minimum atomic E-state index is -0.157. The number of fused-ring (bicyclic) bond motifs is 1. The van der Waals surface area contributed by atoms with Crippen LogP contribution in [0, 0.1) is 6.92 Å². The van der Waals surface area contributed by atoms with Crippen molar-refractivity contribution in [2.24, 2.45) is 0 Å². The van der Waals surface area contributed by atoms with Crippen LogP contribution in [0.25, 0.3) is 10.9 Å². The Bertz CT molecular complexity index is 963. The first-order valence-corrected chi connectivity index (χ1v) is 8.49. The average Bonchev–Trinajstić information content (AvgIpc) is 2.55. The third-order valence-corrected chi connectivity index (χ3v) is 4.57. The highest BCUT2D eigenvalue weighted by molar-refractivity contribution is 9.10. The lowest BCUT2D eigenvalue weighted by molar-refractivity contribution is 0.0953. The number of pyridine rings is 1. The van der Waals surface area contributed by atoms with Crippen molar-refractivity contribution in [3.63, 3.8) is 0 Å². The standard InChI is InChI=1S/C19H17BrN2O2/c1-12-6-7-13-11-14(18(23)22-17(13)10-12)8-9-21-19(24)15-4-2-3-5-16(15)20/h2-7,10-11H,8-9H2,1H3,(H,21,24)(H,22,23). The maximum Gasteiger partial charge on any atom is 0.252 e. The van der Waals surface area contributed by atoms with E-state index in [0.29, 0.717) is 24.1 Å². The highest BCUT2D eigenvalue weighted by atomic mass is 79.9. The molecule has 3 rings (SSSR count). The van der Waals surface area contributed by atoms with Crippen molar-refractivity contribution in [3.05, 3.63) is 80.0 Å². The van der Waals surface area contributed by atoms with Gasteiger partial charge in [0.15, 0.2) is 0 Å². The van der Waals surface area contributed by atoms with Crippen LogP contribution in [0.3, 0.4) is 0 Å². The lowest BCUT2D eigenvalue weighted by Gasteiger charge is -2.07. The van der Waals surface area contributed by atoms with Crippen molar-refractivity contribution in [1.82, 2.24) is 10.3 Å². The second kappa shape index (κ2) is 7.01. The summed E-state index contributed by atoms with van der Waals surface area (Å²) >= 11 is 3.36. The van der Waals surface area contributed by atoms with E-state index in [1.807, 2.05) is 49.4 Å². The van der Waals surface area contributed by atoms with Crippen LogP contribution in [0.4, 0.5) is 0 Å². The molecule has 0 saturated carbocycles. The minimum absolute atomic E-state index is 0.108. The molecule has 0 spiro atoms. The number of nitrogens with one attached hydrogen (secondary N) is 2. The number of aryl methyl sites for hydroxylation is 1. The highest BCUT2D eigenvalue weighted by Gasteiger charge is 2.09. The van der Waals surface area contributed by atoms with E-state index >= 15 is 0 Å². The Kier molecular flexibility index (Phi) is 4.81. The predicted molar refractivity (Wildman–Crippen MR) is 99.5 cm³/mol. The topological polar surface area (TPSA) is 62.0 Å². The van der Waals surface area contributed by atoms with E-state index in [-0.39, 0.29) is 11.5 Å². The molecule has 0 aliphatic rings. The number of halogens is 1. The molecule has 4 nitrogen and oxygen atoms in total. The second-order valence-corrected chi connectivity index (χ2v) is 6.55. The number of carbonyl (C=O) groups is 1. The number of carbonyl (C=O) groups excluding carboxylic acids is 1. The van der Waals surface area contributed by atoms with Gasteiger partial charge < -0.3 is 10.3 Å². The molecule has 1 amide bonds. The molecule has 1 heterocycles. The van der Waals surface area contributed by atoms with Crippen LogP contribution in [0.1, 0.15) is 21.5 Å². The van der Waals surface area contributed by atoms with Gasteiger partial charge in [0.25, 0.3) is 11.5 Å². The Labute approximate surface area is 148 Å². The van der Waals surface area contributed by atoms with E-state index in [4.69, 9.17) is 0 Å². The number of hydrogen-bond donors (Lipinski definition) is 2. The molecule has 0 aliphatic heterocycles. The first-order valence-electron chi connectivity index (χ1n) is 7.70. The maximum absolute atomic E-state index is 12.2. The summed E-state index contributed by atoms with van der Waals surface area (Å²) in [4.78, 5) is 27.2. The van der Waals surface area contributed by atoms with Gasteiger partial charge in [0.2, 0.25) is 0 Å². The number of aromatic amines is 1. The summed E-state index contributed by atoms with van der Waals surface area (Å²) in [6.07, 6.45) is 0.481. The molecule has 3 aromatic rings. The van der Waals surface area contributed by atoms with Crippen LogP contribution in [0.2, 0.25) is 0 Å². The Morgan fingerprint density at radius 1 is 1.17 bits per heavy atom. The van der Waals surface area contributed by atoms with Crippen LogP contribution in [-0.2, 0) is 6.42 Å². The summed E-state index contributed by atoms with van der Waals surface area (Å²) in [6, 6.07) is 15.1. The number of benzene rings is 2. The van der Waals surface area contributed by atoms with E-state index < -0.39 is 0 Å². The molecule has 0 saturated heterocycles. The van der Waals surface area contributed by atoms with Gasteiger partial charge in [0.1, 0.15) is 0 Å². The highest BCUT2D eigenvalue weighted by Crippen LogP contribution is 2.16. The van der Waals surface area contributed by atoms with Crippen molar-refractivity contribution in [3.8, 4) is 0 Å². The number of hydrogen-bond acceptors (Lipinski definition) is 2. The van der Waals surface area contributed by atoms with Crippen LogP contribution < -0.4 is 10.9 Å². The number of H-pyrrole nitrogens is 1. The zero-order valence-corrected chi connectivity index (χ0v) is 14.8. The van der Waals surface area contributed by atoms with Gasteiger partial charge in [0.05, 0.1) is 5.56 Å². The van der Waals surface area contributed by atoms with Gasteiger partial charge in [-0.15, -0.1) is 0 Å². The molecule has 2 N–H and O–H groups in total. The molecule has 5 heteroatoms. The van der Waals surface area contributed by atoms with Crippen molar-refractivity contribution in [2.45, 2.75) is 13.3 Å². The zero-order valence-electron chi connectivity index (χ0n) is 13.2. The van der Waals surface area contributed by atoms with Gasteiger partial charge in [-0.1, -0.05) is 24.3 Å². The monoisotopic (exact) mass is 384 g/mol. The molecule has 0 fully saturated rings. The lowest BCUT2D eigenvalue weighted by atomic mass is 10.1. The fraction of sp³-hybridized carbons (Fsp3) is 0.158. The Hall–Kier alpha value is -2.40. The first kappa shape index (κ1) is 16.5. The van der Waals surface area contributed by atoms with Gasteiger partial charge in [-0.2, -0.15) is 0 Å². The summed E-state index contributed by atoms with van der Waals surface area (Å²) in [6.45, 7) is 2.39.